The van der Waals surface area contributed by atoms with Crippen molar-refractivity contribution in [3.63, 3.8) is 0 Å². The molecule has 0 unspecified atom stereocenters. The second-order valence-corrected chi connectivity index (χ2v) is 5.97. The second kappa shape index (κ2) is 8.64. The zero-order valence-electron chi connectivity index (χ0n) is 15.2. The molecule has 2 aromatic heterocycles. The lowest BCUT2D eigenvalue weighted by Crippen LogP contribution is -2.13. The van der Waals surface area contributed by atoms with Crippen molar-refractivity contribution in [1.82, 2.24) is 9.97 Å². The number of rotatable bonds is 7. The van der Waals surface area contributed by atoms with E-state index in [1.54, 1.807) is 30.5 Å². The summed E-state index contributed by atoms with van der Waals surface area (Å²) in [6.07, 6.45) is 3.23. The molecule has 0 aliphatic heterocycles. The maximum Gasteiger partial charge on any atom is 0.337 e. The van der Waals surface area contributed by atoms with E-state index < -0.39 is 5.97 Å². The lowest BCUT2D eigenvalue weighted by Gasteiger charge is -2.12. The molecule has 1 aromatic carbocycles. The first-order valence-electron chi connectivity index (χ1n) is 8.61. The second-order valence-electron chi connectivity index (χ2n) is 5.97. The number of pyridine rings is 2. The van der Waals surface area contributed by atoms with Crippen molar-refractivity contribution in [2.45, 2.75) is 6.92 Å². The van der Waals surface area contributed by atoms with Crippen LogP contribution in [-0.2, 0) is 0 Å². The molecule has 0 aliphatic rings. The van der Waals surface area contributed by atoms with Crippen molar-refractivity contribution in [2.75, 3.05) is 18.5 Å². The molecule has 0 spiro atoms. The van der Waals surface area contributed by atoms with Crippen LogP contribution in [0.5, 0.6) is 5.75 Å². The van der Waals surface area contributed by atoms with E-state index in [2.05, 4.69) is 21.4 Å². The predicted molar refractivity (Wildman–Crippen MR) is 104 cm³/mol. The number of hydrogen-bond donors (Lipinski definition) is 2. The summed E-state index contributed by atoms with van der Waals surface area (Å²) < 4.78 is 5.71. The van der Waals surface area contributed by atoms with E-state index in [1.165, 1.54) is 12.3 Å². The van der Waals surface area contributed by atoms with Crippen molar-refractivity contribution in [2.24, 2.45) is 0 Å². The molecule has 0 atom stereocenters. The third-order valence-corrected chi connectivity index (χ3v) is 4.07. The average molecular weight is 374 g/mol. The van der Waals surface area contributed by atoms with E-state index in [0.717, 1.165) is 11.4 Å². The van der Waals surface area contributed by atoms with E-state index in [0.29, 0.717) is 35.7 Å². The van der Waals surface area contributed by atoms with Crippen LogP contribution < -0.4 is 10.1 Å². The number of carbonyl (C=O) groups is 1. The van der Waals surface area contributed by atoms with Crippen LogP contribution in [0.3, 0.4) is 0 Å². The van der Waals surface area contributed by atoms with Gasteiger partial charge in [-0.1, -0.05) is 6.07 Å². The van der Waals surface area contributed by atoms with Gasteiger partial charge in [0.25, 0.3) is 0 Å². The Labute approximate surface area is 162 Å². The van der Waals surface area contributed by atoms with Crippen molar-refractivity contribution in [3.05, 3.63) is 71.5 Å². The summed E-state index contributed by atoms with van der Waals surface area (Å²) in [4.78, 5) is 19.8. The minimum absolute atomic E-state index is 0.0787. The molecule has 7 heteroatoms. The van der Waals surface area contributed by atoms with Gasteiger partial charge in [-0.15, -0.1) is 0 Å². The maximum atomic E-state index is 11.4. The highest BCUT2D eigenvalue weighted by molar-refractivity contribution is 5.94. The number of nitriles is 1. The van der Waals surface area contributed by atoms with Gasteiger partial charge in [-0.2, -0.15) is 5.26 Å². The molecule has 2 heterocycles. The first-order chi connectivity index (χ1) is 13.6. The first-order valence-corrected chi connectivity index (χ1v) is 8.61. The van der Waals surface area contributed by atoms with Crippen molar-refractivity contribution < 1.29 is 14.6 Å². The van der Waals surface area contributed by atoms with Crippen LogP contribution in [0.25, 0.3) is 11.3 Å². The number of aromatic carboxylic acids is 1. The summed E-state index contributed by atoms with van der Waals surface area (Å²) in [6.45, 7) is 2.83. The van der Waals surface area contributed by atoms with E-state index in [-0.39, 0.29) is 5.56 Å². The van der Waals surface area contributed by atoms with Gasteiger partial charge in [0.15, 0.2) is 0 Å². The fourth-order valence-corrected chi connectivity index (χ4v) is 2.70. The summed E-state index contributed by atoms with van der Waals surface area (Å²) in [5, 5.41) is 22.0. The Kier molecular flexibility index (Phi) is 5.82. The van der Waals surface area contributed by atoms with Gasteiger partial charge in [-0.3, -0.25) is 4.98 Å². The predicted octanol–water partition coefficient (Wildman–Crippen LogP) is 3.51. The number of anilines is 1. The lowest BCUT2D eigenvalue weighted by molar-refractivity contribution is 0.0697. The van der Waals surface area contributed by atoms with Crippen LogP contribution in [0, 0.1) is 18.3 Å². The number of ether oxygens (including phenoxy) is 1. The van der Waals surface area contributed by atoms with E-state index in [9.17, 15) is 15.2 Å². The maximum absolute atomic E-state index is 11.4. The topological polar surface area (TPSA) is 108 Å². The number of aromatic nitrogens is 2. The normalized spacial score (nSPS) is 10.1. The fraction of sp³-hybridized carbons (Fsp3) is 0.143. The van der Waals surface area contributed by atoms with E-state index >= 15 is 0 Å². The van der Waals surface area contributed by atoms with Crippen molar-refractivity contribution in [1.29, 1.82) is 5.26 Å². The molecule has 0 saturated heterocycles. The van der Waals surface area contributed by atoms with Crippen molar-refractivity contribution >= 4 is 11.8 Å². The van der Waals surface area contributed by atoms with Gasteiger partial charge in [0.2, 0.25) is 0 Å². The van der Waals surface area contributed by atoms with Crippen LogP contribution >= 0.6 is 0 Å². The van der Waals surface area contributed by atoms with Crippen LogP contribution in [0.15, 0.2) is 54.9 Å². The minimum Gasteiger partial charge on any atom is -0.490 e. The largest absolute Gasteiger partial charge is 0.490 e. The van der Waals surface area contributed by atoms with Gasteiger partial charge in [-0.25, -0.2) is 9.78 Å². The zero-order valence-corrected chi connectivity index (χ0v) is 15.2. The minimum atomic E-state index is -1.07. The number of nitrogens with zero attached hydrogens (tertiary/aromatic N) is 3. The Morgan fingerprint density at radius 2 is 2.00 bits per heavy atom. The van der Waals surface area contributed by atoms with Gasteiger partial charge in [-0.05, 0) is 48.9 Å². The number of benzene rings is 1. The van der Waals surface area contributed by atoms with Crippen LogP contribution in [0.1, 0.15) is 21.5 Å². The van der Waals surface area contributed by atoms with E-state index in [4.69, 9.17) is 4.74 Å². The lowest BCUT2D eigenvalue weighted by atomic mass is 10.0. The molecule has 0 bridgehead atoms. The van der Waals surface area contributed by atoms with E-state index in [1.807, 2.05) is 19.1 Å². The SMILES string of the molecule is Cc1cccnc1NCCOc1ccc(-c2ncccc2C(=O)O)cc1C#N. The molecular formula is C21H18N4O3. The Morgan fingerprint density at radius 3 is 2.75 bits per heavy atom. The zero-order chi connectivity index (χ0) is 19.9. The summed E-state index contributed by atoms with van der Waals surface area (Å²) in [5.41, 5.74) is 2.28. The van der Waals surface area contributed by atoms with Gasteiger partial charge < -0.3 is 15.2 Å². The number of carboxylic acids is 1. The van der Waals surface area contributed by atoms with Crippen LogP contribution in [-0.4, -0.2) is 34.2 Å². The highest BCUT2D eigenvalue weighted by Gasteiger charge is 2.14. The highest BCUT2D eigenvalue weighted by Crippen LogP contribution is 2.27. The summed E-state index contributed by atoms with van der Waals surface area (Å²) in [6, 6.07) is 13.9. The third kappa shape index (κ3) is 4.24. The molecule has 0 radical (unpaired) electrons. The molecule has 0 aliphatic carbocycles. The number of hydrogen-bond acceptors (Lipinski definition) is 6. The number of aryl methyl sites for hydroxylation is 1. The van der Waals surface area contributed by atoms with Crippen LogP contribution in [0.4, 0.5) is 5.82 Å². The van der Waals surface area contributed by atoms with Gasteiger partial charge >= 0.3 is 5.97 Å². The third-order valence-electron chi connectivity index (χ3n) is 4.07. The average Bonchev–Trinajstić information content (AvgIpc) is 2.72. The monoisotopic (exact) mass is 374 g/mol. The fourth-order valence-electron chi connectivity index (χ4n) is 2.70. The Hall–Kier alpha value is -3.92. The standard InChI is InChI=1S/C21H18N4O3/c1-14-4-2-9-24-20(14)25-10-11-28-18-7-6-15(12-16(18)13-22)19-17(21(26)27)5-3-8-23-19/h2-9,12H,10-11H2,1H3,(H,24,25)(H,26,27). The molecule has 3 aromatic rings. The number of carboxylic acid groups (broad SMARTS) is 1. The summed E-state index contributed by atoms with van der Waals surface area (Å²) in [5.74, 6) is 0.148. The Bertz CT molecular complexity index is 1040. The quantitative estimate of drug-likeness (QED) is 0.609. The Balaban J connectivity index is 1.71. The summed E-state index contributed by atoms with van der Waals surface area (Å²) >= 11 is 0. The first kappa shape index (κ1) is 18.9. The molecule has 0 fully saturated rings. The van der Waals surface area contributed by atoms with Crippen molar-refractivity contribution in [3.8, 4) is 23.1 Å². The highest BCUT2D eigenvalue weighted by atomic mass is 16.5. The van der Waals surface area contributed by atoms with Crippen LogP contribution in [0.2, 0.25) is 0 Å². The molecule has 0 saturated carbocycles. The molecule has 2 N–H and O–H groups in total. The summed E-state index contributed by atoms with van der Waals surface area (Å²) in [7, 11) is 0. The molecule has 140 valence electrons. The molecule has 0 amide bonds. The van der Waals surface area contributed by atoms with Gasteiger partial charge in [0.1, 0.15) is 24.2 Å². The molecule has 3 rings (SSSR count). The van der Waals surface area contributed by atoms with Gasteiger partial charge in [0.05, 0.1) is 23.4 Å². The molecule has 28 heavy (non-hydrogen) atoms. The Morgan fingerprint density at radius 1 is 1.21 bits per heavy atom. The number of nitrogens with one attached hydrogen (secondary N) is 1. The molecule has 7 nitrogen and oxygen atoms in total. The van der Waals surface area contributed by atoms with Gasteiger partial charge in [0, 0.05) is 18.0 Å². The molecular weight excluding hydrogens is 356 g/mol. The smallest absolute Gasteiger partial charge is 0.337 e.